The first-order valence-corrected chi connectivity index (χ1v) is 7.29. The first-order chi connectivity index (χ1) is 10.9. The van der Waals surface area contributed by atoms with Gasteiger partial charge in [-0.1, -0.05) is 30.3 Å². The van der Waals surface area contributed by atoms with Crippen LogP contribution in [0.4, 0.5) is 0 Å². The van der Waals surface area contributed by atoms with E-state index in [-0.39, 0.29) is 11.5 Å². The smallest absolute Gasteiger partial charge is 0.245 e. The Morgan fingerprint density at radius 1 is 1.04 bits per heavy atom. The Balaban J connectivity index is 2.59. The molecule has 2 rings (SSSR count). The highest BCUT2D eigenvalue weighted by Crippen LogP contribution is 2.13. The number of hydrogen-bond donors (Lipinski definition) is 1. The molecule has 0 saturated carbocycles. The number of benzene rings is 1. The Hall–Kier alpha value is -2.60. The van der Waals surface area contributed by atoms with Gasteiger partial charge in [-0.05, 0) is 20.8 Å². The molecule has 1 aromatic carbocycles. The molecular formula is C17H21N5O. The zero-order chi connectivity index (χ0) is 16.9. The molecule has 120 valence electrons. The summed E-state index contributed by atoms with van der Waals surface area (Å²) in [5, 5.41) is 10.8. The fourth-order valence-electron chi connectivity index (χ4n) is 1.88. The van der Waals surface area contributed by atoms with Crippen LogP contribution in [0.1, 0.15) is 31.9 Å². The normalized spacial score (nSPS) is 13.1. The van der Waals surface area contributed by atoms with Crippen LogP contribution < -0.4 is 0 Å². The molecule has 0 bridgehead atoms. The molecule has 0 aliphatic carbocycles. The maximum atomic E-state index is 9.88. The number of guanidine groups is 1. The first-order valence-electron chi connectivity index (χ1n) is 7.29. The molecule has 6 nitrogen and oxygen atoms in total. The molecule has 0 radical (unpaired) electrons. The van der Waals surface area contributed by atoms with Gasteiger partial charge in [-0.3, -0.25) is 5.21 Å². The fraction of sp³-hybridized carbons (Fsp3) is 0.294. The summed E-state index contributed by atoms with van der Waals surface area (Å²) in [5.74, 6) is 0.222. The van der Waals surface area contributed by atoms with E-state index in [1.165, 1.54) is 13.4 Å². The van der Waals surface area contributed by atoms with Crippen LogP contribution >= 0.6 is 0 Å². The van der Waals surface area contributed by atoms with Gasteiger partial charge in [-0.25, -0.2) is 25.0 Å². The maximum absolute atomic E-state index is 9.88. The summed E-state index contributed by atoms with van der Waals surface area (Å²) in [4.78, 5) is 17.1. The van der Waals surface area contributed by atoms with Gasteiger partial charge in [-0.2, -0.15) is 0 Å². The summed E-state index contributed by atoms with van der Waals surface area (Å²) < 4.78 is 0. The van der Waals surface area contributed by atoms with Gasteiger partial charge in [-0.15, -0.1) is 0 Å². The van der Waals surface area contributed by atoms with E-state index in [2.05, 4.69) is 20.0 Å². The van der Waals surface area contributed by atoms with Gasteiger partial charge in [0.2, 0.25) is 5.96 Å². The molecule has 0 atom stereocenters. The second-order valence-corrected chi connectivity index (χ2v) is 6.06. The molecule has 1 N–H and O–H groups in total. The van der Waals surface area contributed by atoms with Crippen molar-refractivity contribution < 1.29 is 5.21 Å². The Kier molecular flexibility index (Phi) is 5.18. The van der Waals surface area contributed by atoms with E-state index in [1.807, 2.05) is 51.1 Å². The van der Waals surface area contributed by atoms with E-state index in [0.717, 1.165) is 16.2 Å². The van der Waals surface area contributed by atoms with Crippen LogP contribution in [0.15, 0.2) is 59.0 Å². The van der Waals surface area contributed by atoms with Crippen molar-refractivity contribution in [2.24, 2.45) is 9.98 Å². The van der Waals surface area contributed by atoms with Crippen molar-refractivity contribution in [1.29, 1.82) is 0 Å². The van der Waals surface area contributed by atoms with Crippen molar-refractivity contribution in [3.63, 3.8) is 0 Å². The summed E-state index contributed by atoms with van der Waals surface area (Å²) in [7, 11) is 1.50. The molecule has 0 unspecified atom stereocenters. The van der Waals surface area contributed by atoms with Crippen LogP contribution in [-0.4, -0.2) is 44.5 Å². The van der Waals surface area contributed by atoms with Gasteiger partial charge in [0.05, 0.1) is 11.3 Å². The van der Waals surface area contributed by atoms with Crippen molar-refractivity contribution in [3.8, 4) is 0 Å². The van der Waals surface area contributed by atoms with E-state index in [4.69, 9.17) is 0 Å². The number of hydroxylamine groups is 2. The van der Waals surface area contributed by atoms with E-state index in [0.29, 0.717) is 5.71 Å². The standard InChI is InChI=1S/C17H21N5O/c1-17(2,3)21-16(22(4)23)20-15(13-8-6-5-7-9-13)14-10-18-12-19-11-14/h5-12,23H,1-4H3. The molecule has 0 aliphatic rings. The molecule has 2 aromatic rings. The highest BCUT2D eigenvalue weighted by atomic mass is 16.5. The molecule has 0 amide bonds. The van der Waals surface area contributed by atoms with Gasteiger partial charge in [0.25, 0.3) is 0 Å². The van der Waals surface area contributed by atoms with Crippen molar-refractivity contribution in [1.82, 2.24) is 15.0 Å². The molecule has 0 spiro atoms. The summed E-state index contributed by atoms with van der Waals surface area (Å²) in [6.45, 7) is 5.83. The predicted octanol–water partition coefficient (Wildman–Crippen LogP) is 2.79. The summed E-state index contributed by atoms with van der Waals surface area (Å²) >= 11 is 0. The minimum atomic E-state index is -0.370. The Bertz CT molecular complexity index is 646. The third kappa shape index (κ3) is 4.96. The number of rotatable bonds is 2. The summed E-state index contributed by atoms with van der Waals surface area (Å²) in [6.07, 6.45) is 4.84. The van der Waals surface area contributed by atoms with E-state index in [1.54, 1.807) is 12.4 Å². The van der Waals surface area contributed by atoms with Crippen molar-refractivity contribution in [2.45, 2.75) is 26.3 Å². The van der Waals surface area contributed by atoms with Crippen LogP contribution in [0.5, 0.6) is 0 Å². The zero-order valence-electron chi connectivity index (χ0n) is 13.8. The Labute approximate surface area is 136 Å². The molecule has 1 aromatic heterocycles. The Morgan fingerprint density at radius 3 is 2.17 bits per heavy atom. The average molecular weight is 311 g/mol. The minimum absolute atomic E-state index is 0.222. The number of aromatic nitrogens is 2. The molecule has 0 fully saturated rings. The minimum Gasteiger partial charge on any atom is -0.286 e. The van der Waals surface area contributed by atoms with Crippen LogP contribution in [0.3, 0.4) is 0 Å². The molecule has 1 heterocycles. The first kappa shape index (κ1) is 16.8. The zero-order valence-corrected chi connectivity index (χ0v) is 13.8. The lowest BCUT2D eigenvalue weighted by Crippen LogP contribution is -2.27. The third-order valence-corrected chi connectivity index (χ3v) is 2.82. The lowest BCUT2D eigenvalue weighted by Gasteiger charge is -2.18. The maximum Gasteiger partial charge on any atom is 0.245 e. The van der Waals surface area contributed by atoms with E-state index >= 15 is 0 Å². The quantitative estimate of drug-likeness (QED) is 0.526. The van der Waals surface area contributed by atoms with Gasteiger partial charge in [0, 0.05) is 30.6 Å². The van der Waals surface area contributed by atoms with Crippen molar-refractivity contribution in [2.75, 3.05) is 7.05 Å². The van der Waals surface area contributed by atoms with Gasteiger partial charge in [0.15, 0.2) is 0 Å². The molecule has 0 saturated heterocycles. The number of nitrogens with zero attached hydrogens (tertiary/aromatic N) is 5. The molecular weight excluding hydrogens is 290 g/mol. The fourth-order valence-corrected chi connectivity index (χ4v) is 1.88. The second kappa shape index (κ2) is 7.11. The highest BCUT2D eigenvalue weighted by molar-refractivity contribution is 6.16. The van der Waals surface area contributed by atoms with Crippen LogP contribution in [0.2, 0.25) is 0 Å². The monoisotopic (exact) mass is 311 g/mol. The van der Waals surface area contributed by atoms with E-state index < -0.39 is 0 Å². The largest absolute Gasteiger partial charge is 0.286 e. The van der Waals surface area contributed by atoms with Crippen molar-refractivity contribution in [3.05, 3.63) is 60.2 Å². The van der Waals surface area contributed by atoms with Gasteiger partial charge < -0.3 is 0 Å². The van der Waals surface area contributed by atoms with Gasteiger partial charge in [0.1, 0.15) is 6.33 Å². The Morgan fingerprint density at radius 2 is 1.65 bits per heavy atom. The summed E-state index contributed by atoms with van der Waals surface area (Å²) in [6, 6.07) is 9.68. The van der Waals surface area contributed by atoms with Crippen molar-refractivity contribution >= 4 is 11.7 Å². The molecule has 23 heavy (non-hydrogen) atoms. The topological polar surface area (TPSA) is 74.0 Å². The summed E-state index contributed by atoms with van der Waals surface area (Å²) in [5.41, 5.74) is 1.92. The van der Waals surface area contributed by atoms with Gasteiger partial charge >= 0.3 is 0 Å². The molecule has 0 aliphatic heterocycles. The third-order valence-electron chi connectivity index (χ3n) is 2.82. The second-order valence-electron chi connectivity index (χ2n) is 6.06. The molecule has 6 heteroatoms. The van der Waals surface area contributed by atoms with E-state index in [9.17, 15) is 5.21 Å². The lowest BCUT2D eigenvalue weighted by atomic mass is 10.1. The lowest BCUT2D eigenvalue weighted by molar-refractivity contribution is 0.0112. The SMILES string of the molecule is CN(O)C(N=C(c1ccccc1)c1cncnc1)=NC(C)(C)C. The van der Waals surface area contributed by atoms with Crippen LogP contribution in [-0.2, 0) is 0 Å². The van der Waals surface area contributed by atoms with Crippen LogP contribution in [0, 0.1) is 0 Å². The number of aliphatic imine (C=N–C) groups is 2. The predicted molar refractivity (Wildman–Crippen MR) is 90.9 cm³/mol. The average Bonchev–Trinajstić information content (AvgIpc) is 2.52. The highest BCUT2D eigenvalue weighted by Gasteiger charge is 2.15. The van der Waals surface area contributed by atoms with Crippen LogP contribution in [0.25, 0.3) is 0 Å². The number of hydrogen-bond acceptors (Lipinski definition) is 4.